The summed E-state index contributed by atoms with van der Waals surface area (Å²) in [6.07, 6.45) is 36.9. The first-order chi connectivity index (χ1) is 42.5. The van der Waals surface area contributed by atoms with Crippen molar-refractivity contribution in [3.63, 3.8) is 0 Å². The first-order valence-electron chi connectivity index (χ1n) is 35.8. The predicted molar refractivity (Wildman–Crippen MR) is 385 cm³/mol. The molecular formula is C82H120N8. The second-order valence-electron chi connectivity index (χ2n) is 33.8. The Morgan fingerprint density at radius 3 is 0.822 bits per heavy atom. The van der Waals surface area contributed by atoms with Crippen LogP contribution >= 0.6 is 0 Å². The van der Waals surface area contributed by atoms with Crippen molar-refractivity contribution in [3.8, 4) is 0 Å². The molecule has 0 N–H and O–H groups in total. The number of anilines is 4. The van der Waals surface area contributed by atoms with Crippen molar-refractivity contribution in [3.05, 3.63) is 166 Å². The van der Waals surface area contributed by atoms with E-state index in [9.17, 15) is 0 Å². The topological polar surface area (TPSA) is 25.9 Å². The van der Waals surface area contributed by atoms with Crippen LogP contribution < -0.4 is 19.6 Å². The molecule has 8 saturated carbocycles. The van der Waals surface area contributed by atoms with E-state index in [0.29, 0.717) is 34.7 Å². The van der Waals surface area contributed by atoms with Crippen molar-refractivity contribution in [2.24, 2.45) is 35.5 Å². The van der Waals surface area contributed by atoms with Crippen molar-refractivity contribution < 1.29 is 0 Å². The minimum atomic E-state index is 0.233. The van der Waals surface area contributed by atoms with Gasteiger partial charge in [0.25, 0.3) is 0 Å². The molecule has 0 saturated heterocycles. The zero-order valence-corrected chi connectivity index (χ0v) is 60.1. The van der Waals surface area contributed by atoms with Crippen LogP contribution in [-0.2, 0) is 0 Å². The molecule has 12 aliphatic rings. The standard InChI is InChI=1S/C27H38N2.C23H34N2.C21H26N2.C11H22N2/c1-18(2)22-11-9-12-23(19(3)4)26(22)28-15-16-29(17-28)27-24(20(5)6)13-10-14-25(27)21(7)8;1-2-25(23-12-19-6-20(13-23)8-21(7-19)14-23)15-24(1)22-9-16-3-17(10-22)5-18(4-16)11-22;1-14-9-16(3)20(17(4)10-14)22-7-8-23(13-22)21-18(5)11-15(2)12-19(21)6;1-10(2,3)12-7-8-13(9-12)11(4,5)6/h9-16,18-21H,17H2,1-8H3;1-2,16-21H,3-15H2;7-12H,13H2,1-6H3;7-8H,9H2,1-6H3. The van der Waals surface area contributed by atoms with Crippen LogP contribution in [0.25, 0.3) is 0 Å². The normalized spacial score (nSPS) is 27.0. The maximum Gasteiger partial charge on any atom is 0.0989 e. The smallest absolute Gasteiger partial charge is 0.0989 e. The number of benzene rings is 4. The lowest BCUT2D eigenvalue weighted by Crippen LogP contribution is -2.62. The van der Waals surface area contributed by atoms with E-state index in [4.69, 9.17) is 0 Å². The Kier molecular flexibility index (Phi) is 18.7. The third kappa shape index (κ3) is 13.5. The number of para-hydroxylation sites is 2. The molecule has 488 valence electrons. The van der Waals surface area contributed by atoms with Crippen LogP contribution in [0, 0.1) is 77.0 Å². The van der Waals surface area contributed by atoms with E-state index in [1.165, 1.54) is 124 Å². The van der Waals surface area contributed by atoms with Gasteiger partial charge in [-0.05, 0) is 264 Å². The predicted octanol–water partition coefficient (Wildman–Crippen LogP) is 20.8. The fourth-order valence-corrected chi connectivity index (χ4v) is 19.5. The third-order valence-electron chi connectivity index (χ3n) is 23.0. The van der Waals surface area contributed by atoms with Gasteiger partial charge in [-0.1, -0.05) is 127 Å². The van der Waals surface area contributed by atoms with Gasteiger partial charge in [-0.3, -0.25) is 0 Å². The second-order valence-corrected chi connectivity index (χ2v) is 33.8. The van der Waals surface area contributed by atoms with Crippen LogP contribution in [0.1, 0.15) is 253 Å². The Hall–Kier alpha value is -5.76. The highest BCUT2D eigenvalue weighted by molar-refractivity contribution is 5.72. The first kappa shape index (κ1) is 65.7. The van der Waals surface area contributed by atoms with Gasteiger partial charge in [0.1, 0.15) is 0 Å². The second kappa shape index (κ2) is 25.6. The van der Waals surface area contributed by atoms with E-state index >= 15 is 0 Å². The van der Waals surface area contributed by atoms with Crippen molar-refractivity contribution in [1.29, 1.82) is 0 Å². The highest BCUT2D eigenvalue weighted by Gasteiger charge is 2.57. The Morgan fingerprint density at radius 2 is 0.589 bits per heavy atom. The zero-order chi connectivity index (χ0) is 64.5. The van der Waals surface area contributed by atoms with Crippen LogP contribution in [0.15, 0.2) is 110 Å². The summed E-state index contributed by atoms with van der Waals surface area (Å²) in [6, 6.07) is 22.7. The Balaban J connectivity index is 0.000000127. The van der Waals surface area contributed by atoms with Crippen molar-refractivity contribution in [2.75, 3.05) is 46.3 Å². The summed E-state index contributed by atoms with van der Waals surface area (Å²) < 4.78 is 0. The van der Waals surface area contributed by atoms with Gasteiger partial charge < -0.3 is 39.2 Å². The maximum atomic E-state index is 2.86. The van der Waals surface area contributed by atoms with Crippen LogP contribution in [0.2, 0.25) is 0 Å². The fraction of sp³-hybridized carbons (Fsp3) is 0.610. The van der Waals surface area contributed by atoms with Crippen LogP contribution in [0.4, 0.5) is 22.7 Å². The molecule has 0 aromatic heterocycles. The monoisotopic (exact) mass is 1220 g/mol. The third-order valence-corrected chi connectivity index (χ3v) is 23.0. The van der Waals surface area contributed by atoms with Gasteiger partial charge in [0.2, 0.25) is 0 Å². The molecule has 4 heterocycles. The SMILES string of the molecule is C1=CN(C23CC4CC(CC(C4)C2)C3)CN1C12CC3CC(CC(C3)C1)C2.CC(C)(C)N1C=CN(C(C)(C)C)C1.CC(C)c1cccc(C(C)C)c1N1C=CN(c2c(C(C)C)cccc2C(C)C)C1.Cc1cc(C)c(N2C=CN(c3c(C)cc(C)cc3C)C2)c(C)c1. The summed E-state index contributed by atoms with van der Waals surface area (Å²) in [5.74, 6) is 8.38. The number of aryl methyl sites for hydroxylation is 6. The zero-order valence-electron chi connectivity index (χ0n) is 60.1. The molecule has 8 bridgehead atoms. The van der Waals surface area contributed by atoms with Gasteiger partial charge in [0.05, 0.1) is 26.7 Å². The molecule has 4 aliphatic heterocycles. The lowest BCUT2D eigenvalue weighted by molar-refractivity contribution is -0.105. The number of hydrogen-bond acceptors (Lipinski definition) is 8. The highest BCUT2D eigenvalue weighted by atomic mass is 15.4. The van der Waals surface area contributed by atoms with Crippen LogP contribution in [0.5, 0.6) is 0 Å². The van der Waals surface area contributed by atoms with Gasteiger partial charge >= 0.3 is 0 Å². The quantitative estimate of drug-likeness (QED) is 0.155. The number of rotatable bonds is 10. The van der Waals surface area contributed by atoms with E-state index in [-0.39, 0.29) is 11.1 Å². The maximum absolute atomic E-state index is 2.86. The molecule has 0 radical (unpaired) electrons. The van der Waals surface area contributed by atoms with E-state index < -0.39 is 0 Å². The number of hydrogen-bond donors (Lipinski definition) is 0. The Bertz CT molecular complexity index is 2940. The first-order valence-corrected chi connectivity index (χ1v) is 35.8. The van der Waals surface area contributed by atoms with E-state index in [1.807, 2.05) is 0 Å². The van der Waals surface area contributed by atoms with Gasteiger partial charge in [-0.25, -0.2) is 0 Å². The largest absolute Gasteiger partial charge is 0.354 e. The average molecular weight is 1220 g/mol. The molecule has 0 unspecified atom stereocenters. The van der Waals surface area contributed by atoms with Crippen LogP contribution in [-0.4, -0.2) is 68.4 Å². The summed E-state index contributed by atoms with van der Waals surface area (Å²) >= 11 is 0. The molecule has 16 rings (SSSR count). The molecule has 8 nitrogen and oxygen atoms in total. The molecule has 90 heavy (non-hydrogen) atoms. The van der Waals surface area contributed by atoms with E-state index in [0.717, 1.165) is 55.5 Å². The van der Waals surface area contributed by atoms with Gasteiger partial charge in [0.15, 0.2) is 0 Å². The van der Waals surface area contributed by atoms with Crippen LogP contribution in [0.3, 0.4) is 0 Å². The van der Waals surface area contributed by atoms with Crippen molar-refractivity contribution in [1.82, 2.24) is 19.6 Å². The minimum Gasteiger partial charge on any atom is -0.354 e. The average Bonchev–Trinajstić information content (AvgIpc) is 1.51. The summed E-state index contributed by atoms with van der Waals surface area (Å²) in [5.41, 5.74) is 20.8. The summed E-state index contributed by atoms with van der Waals surface area (Å²) in [6.45, 7) is 48.9. The summed E-state index contributed by atoms with van der Waals surface area (Å²) in [4.78, 5) is 20.0. The highest BCUT2D eigenvalue weighted by Crippen LogP contribution is 2.61. The summed E-state index contributed by atoms with van der Waals surface area (Å²) in [5, 5.41) is 0. The lowest BCUT2D eigenvalue weighted by Gasteiger charge is -2.62. The molecular weight excluding hydrogens is 1100 g/mol. The minimum absolute atomic E-state index is 0.233. The molecule has 4 aromatic carbocycles. The molecule has 0 atom stereocenters. The van der Waals surface area contributed by atoms with Gasteiger partial charge in [-0.15, -0.1) is 0 Å². The lowest BCUT2D eigenvalue weighted by atomic mass is 9.52. The summed E-state index contributed by atoms with van der Waals surface area (Å²) in [7, 11) is 0. The number of nitrogens with zero attached hydrogens (tertiary/aromatic N) is 8. The molecule has 0 spiro atoms. The fourth-order valence-electron chi connectivity index (χ4n) is 19.5. The van der Waals surface area contributed by atoms with Gasteiger partial charge in [-0.2, -0.15) is 0 Å². The van der Waals surface area contributed by atoms with Gasteiger partial charge in [0, 0.05) is 94.5 Å². The molecule has 8 heteroatoms. The Labute approximate surface area is 548 Å². The molecule has 8 fully saturated rings. The van der Waals surface area contributed by atoms with Crippen molar-refractivity contribution in [2.45, 2.75) is 261 Å². The van der Waals surface area contributed by atoms with E-state index in [1.54, 1.807) is 38.5 Å². The molecule has 0 amide bonds. The Morgan fingerprint density at radius 1 is 0.333 bits per heavy atom. The molecule has 8 aliphatic carbocycles. The molecule has 4 aromatic rings. The van der Waals surface area contributed by atoms with Crippen molar-refractivity contribution >= 4 is 22.7 Å². The van der Waals surface area contributed by atoms with E-state index in [2.05, 4.69) is 288 Å².